The SMILES string of the molecule is CCCOc1ccc(C(=O)NC(=S)Nc2c(C)ccc3nc(C)ccc23)cc1. The van der Waals surface area contributed by atoms with E-state index in [1.165, 1.54) is 0 Å². The Hall–Kier alpha value is -2.99. The van der Waals surface area contributed by atoms with Gasteiger partial charge >= 0.3 is 0 Å². The van der Waals surface area contributed by atoms with Gasteiger partial charge in [-0.05, 0) is 80.5 Å². The largest absolute Gasteiger partial charge is 0.494 e. The Labute approximate surface area is 170 Å². The second-order valence-electron chi connectivity index (χ2n) is 6.56. The number of hydrogen-bond donors (Lipinski definition) is 2. The first-order chi connectivity index (χ1) is 13.5. The first-order valence-corrected chi connectivity index (χ1v) is 9.61. The summed E-state index contributed by atoms with van der Waals surface area (Å²) in [6, 6.07) is 14.9. The number of amides is 1. The fourth-order valence-electron chi connectivity index (χ4n) is 2.82. The summed E-state index contributed by atoms with van der Waals surface area (Å²) in [6.07, 6.45) is 0.935. The molecule has 2 aromatic carbocycles. The number of hydrogen-bond acceptors (Lipinski definition) is 4. The van der Waals surface area contributed by atoms with E-state index in [4.69, 9.17) is 17.0 Å². The number of anilines is 1. The minimum atomic E-state index is -0.272. The summed E-state index contributed by atoms with van der Waals surface area (Å²) in [6.45, 7) is 6.64. The lowest BCUT2D eigenvalue weighted by atomic mass is 10.1. The quantitative estimate of drug-likeness (QED) is 0.612. The van der Waals surface area contributed by atoms with Crippen LogP contribution in [0.1, 0.15) is 35.0 Å². The number of thiocarbonyl (C=S) groups is 1. The maximum Gasteiger partial charge on any atom is 0.257 e. The monoisotopic (exact) mass is 393 g/mol. The Kier molecular flexibility index (Phi) is 6.21. The van der Waals surface area contributed by atoms with E-state index >= 15 is 0 Å². The number of nitrogens with one attached hydrogen (secondary N) is 2. The van der Waals surface area contributed by atoms with Gasteiger partial charge in [0.25, 0.3) is 5.91 Å². The summed E-state index contributed by atoms with van der Waals surface area (Å²) in [5.74, 6) is 0.472. The van der Waals surface area contributed by atoms with Gasteiger partial charge in [0.05, 0.1) is 17.8 Å². The van der Waals surface area contributed by atoms with Gasteiger partial charge in [0.1, 0.15) is 5.75 Å². The van der Waals surface area contributed by atoms with E-state index in [2.05, 4.69) is 15.6 Å². The fraction of sp³-hybridized carbons (Fsp3) is 0.227. The van der Waals surface area contributed by atoms with Crippen molar-refractivity contribution in [3.05, 3.63) is 65.4 Å². The number of aryl methyl sites for hydroxylation is 2. The van der Waals surface area contributed by atoms with E-state index < -0.39 is 0 Å². The highest BCUT2D eigenvalue weighted by atomic mass is 32.1. The molecule has 0 saturated heterocycles. The van der Waals surface area contributed by atoms with Gasteiger partial charge in [-0.2, -0.15) is 0 Å². The summed E-state index contributed by atoms with van der Waals surface area (Å²) < 4.78 is 5.54. The van der Waals surface area contributed by atoms with Crippen LogP contribution in [-0.2, 0) is 0 Å². The average Bonchev–Trinajstić information content (AvgIpc) is 2.69. The number of nitrogens with zero attached hydrogens (tertiary/aromatic N) is 1. The molecule has 3 aromatic rings. The molecule has 144 valence electrons. The van der Waals surface area contributed by atoms with Gasteiger partial charge in [0.2, 0.25) is 0 Å². The zero-order chi connectivity index (χ0) is 20.1. The number of fused-ring (bicyclic) bond motifs is 1. The maximum absolute atomic E-state index is 12.5. The standard InChI is InChI=1S/C22H23N3O2S/c1-4-13-27-17-9-7-16(8-10-17)21(26)25-22(28)24-20-14(2)5-12-19-18(20)11-6-15(3)23-19/h5-12H,4,13H2,1-3H3,(H2,24,25,26,28). The highest BCUT2D eigenvalue weighted by Gasteiger charge is 2.11. The highest BCUT2D eigenvalue weighted by molar-refractivity contribution is 7.80. The van der Waals surface area contributed by atoms with Crippen molar-refractivity contribution in [2.45, 2.75) is 27.2 Å². The van der Waals surface area contributed by atoms with E-state index in [1.807, 2.05) is 45.0 Å². The second kappa shape index (κ2) is 8.80. The topological polar surface area (TPSA) is 63.2 Å². The molecule has 0 fully saturated rings. The normalized spacial score (nSPS) is 10.5. The van der Waals surface area contributed by atoms with Crippen LogP contribution >= 0.6 is 12.2 Å². The van der Waals surface area contributed by atoms with Crippen molar-refractivity contribution in [2.75, 3.05) is 11.9 Å². The van der Waals surface area contributed by atoms with Gasteiger partial charge < -0.3 is 10.1 Å². The Morgan fingerprint density at radius 1 is 1.07 bits per heavy atom. The molecule has 0 aliphatic rings. The molecule has 0 aliphatic heterocycles. The summed E-state index contributed by atoms with van der Waals surface area (Å²) in [5, 5.41) is 7.08. The van der Waals surface area contributed by atoms with Crippen LogP contribution in [0.5, 0.6) is 5.75 Å². The van der Waals surface area contributed by atoms with Crippen LogP contribution in [-0.4, -0.2) is 22.6 Å². The number of rotatable bonds is 5. The number of aromatic nitrogens is 1. The minimum absolute atomic E-state index is 0.243. The van der Waals surface area contributed by atoms with E-state index in [-0.39, 0.29) is 11.0 Å². The smallest absolute Gasteiger partial charge is 0.257 e. The Morgan fingerprint density at radius 3 is 2.54 bits per heavy atom. The van der Waals surface area contributed by atoms with E-state index in [0.29, 0.717) is 12.2 Å². The lowest BCUT2D eigenvalue weighted by Gasteiger charge is -2.14. The van der Waals surface area contributed by atoms with Crippen molar-refractivity contribution in [1.29, 1.82) is 0 Å². The molecule has 0 aliphatic carbocycles. The molecular weight excluding hydrogens is 370 g/mol. The first-order valence-electron chi connectivity index (χ1n) is 9.20. The summed E-state index contributed by atoms with van der Waals surface area (Å²) in [7, 11) is 0. The Morgan fingerprint density at radius 2 is 1.82 bits per heavy atom. The zero-order valence-electron chi connectivity index (χ0n) is 16.2. The molecule has 3 rings (SSSR count). The van der Waals surface area contributed by atoms with Crippen LogP contribution in [0.3, 0.4) is 0 Å². The Balaban J connectivity index is 1.71. The number of carbonyl (C=O) groups excluding carboxylic acids is 1. The number of pyridine rings is 1. The van der Waals surface area contributed by atoms with Crippen LogP contribution < -0.4 is 15.4 Å². The molecule has 0 saturated carbocycles. The molecule has 0 bridgehead atoms. The van der Waals surface area contributed by atoms with Crippen LogP contribution in [0.15, 0.2) is 48.5 Å². The van der Waals surface area contributed by atoms with Gasteiger partial charge in [0.15, 0.2) is 5.11 Å². The molecule has 0 spiro atoms. The lowest BCUT2D eigenvalue weighted by molar-refractivity contribution is 0.0977. The number of ether oxygens (including phenoxy) is 1. The maximum atomic E-state index is 12.5. The van der Waals surface area contributed by atoms with Crippen LogP contribution in [0.4, 0.5) is 5.69 Å². The summed E-state index contributed by atoms with van der Waals surface area (Å²) in [4.78, 5) is 17.0. The molecule has 28 heavy (non-hydrogen) atoms. The fourth-order valence-corrected chi connectivity index (χ4v) is 3.02. The first kappa shape index (κ1) is 19.8. The molecule has 5 nitrogen and oxygen atoms in total. The molecule has 1 amide bonds. The van der Waals surface area contributed by atoms with Crippen LogP contribution in [0.25, 0.3) is 10.9 Å². The molecule has 0 unspecified atom stereocenters. The van der Waals surface area contributed by atoms with E-state index in [1.54, 1.807) is 24.3 Å². The van der Waals surface area contributed by atoms with Gasteiger partial charge in [-0.1, -0.05) is 13.0 Å². The van der Waals surface area contributed by atoms with Crippen molar-refractivity contribution in [3.8, 4) is 5.75 Å². The van der Waals surface area contributed by atoms with Crippen molar-refractivity contribution in [3.63, 3.8) is 0 Å². The summed E-state index contributed by atoms with van der Waals surface area (Å²) in [5.41, 5.74) is 4.21. The van der Waals surface area contributed by atoms with Crippen molar-refractivity contribution >= 4 is 39.8 Å². The van der Waals surface area contributed by atoms with Crippen LogP contribution in [0, 0.1) is 13.8 Å². The van der Waals surface area contributed by atoms with Gasteiger partial charge in [-0.15, -0.1) is 0 Å². The minimum Gasteiger partial charge on any atom is -0.494 e. The summed E-state index contributed by atoms with van der Waals surface area (Å²) >= 11 is 5.36. The van der Waals surface area contributed by atoms with Crippen molar-refractivity contribution in [2.24, 2.45) is 0 Å². The molecule has 2 N–H and O–H groups in total. The van der Waals surface area contributed by atoms with E-state index in [9.17, 15) is 4.79 Å². The Bertz CT molecular complexity index is 1020. The third-order valence-electron chi connectivity index (χ3n) is 4.27. The lowest BCUT2D eigenvalue weighted by Crippen LogP contribution is -2.34. The molecular formula is C22H23N3O2S. The number of carbonyl (C=O) groups is 1. The van der Waals surface area contributed by atoms with Crippen LogP contribution in [0.2, 0.25) is 0 Å². The molecule has 1 aromatic heterocycles. The van der Waals surface area contributed by atoms with E-state index in [0.717, 1.165) is 40.0 Å². The van der Waals surface area contributed by atoms with Gasteiger partial charge in [-0.3, -0.25) is 15.1 Å². The van der Waals surface area contributed by atoms with Crippen molar-refractivity contribution < 1.29 is 9.53 Å². The molecule has 0 atom stereocenters. The second-order valence-corrected chi connectivity index (χ2v) is 6.97. The average molecular weight is 394 g/mol. The predicted octanol–water partition coefficient (Wildman–Crippen LogP) is 4.77. The zero-order valence-corrected chi connectivity index (χ0v) is 17.0. The molecule has 0 radical (unpaired) electrons. The highest BCUT2D eigenvalue weighted by Crippen LogP contribution is 2.26. The molecule has 6 heteroatoms. The molecule has 1 heterocycles. The third-order valence-corrected chi connectivity index (χ3v) is 4.48. The van der Waals surface area contributed by atoms with Gasteiger partial charge in [-0.25, -0.2) is 0 Å². The third kappa shape index (κ3) is 4.64. The number of benzene rings is 2. The van der Waals surface area contributed by atoms with Gasteiger partial charge in [0, 0.05) is 16.6 Å². The predicted molar refractivity (Wildman–Crippen MR) is 117 cm³/mol. The van der Waals surface area contributed by atoms with Crippen molar-refractivity contribution in [1.82, 2.24) is 10.3 Å².